The van der Waals surface area contributed by atoms with Crippen LogP contribution in [-0.2, 0) is 11.2 Å². The summed E-state index contributed by atoms with van der Waals surface area (Å²) in [6.45, 7) is 5.61. The second-order valence-electron chi connectivity index (χ2n) is 4.04. The molecule has 0 saturated carbocycles. The zero-order valence-corrected chi connectivity index (χ0v) is 10.7. The quantitative estimate of drug-likeness (QED) is 0.612. The summed E-state index contributed by atoms with van der Waals surface area (Å²) in [5.41, 5.74) is 0. The van der Waals surface area contributed by atoms with Gasteiger partial charge in [0, 0.05) is 12.8 Å². The van der Waals surface area contributed by atoms with Crippen molar-refractivity contribution in [3.05, 3.63) is 11.5 Å². The SMILES string of the molecule is CCCCCC(=O)Oc1c(C)oc(CC)c1O. The van der Waals surface area contributed by atoms with Gasteiger partial charge in [-0.25, -0.2) is 0 Å². The third-order valence-electron chi connectivity index (χ3n) is 2.60. The number of unbranched alkanes of at least 4 members (excludes halogenated alkanes) is 2. The maximum Gasteiger partial charge on any atom is 0.311 e. The summed E-state index contributed by atoms with van der Waals surface area (Å²) >= 11 is 0. The summed E-state index contributed by atoms with van der Waals surface area (Å²) in [5, 5.41) is 9.76. The van der Waals surface area contributed by atoms with E-state index in [0.717, 1.165) is 19.3 Å². The number of ether oxygens (including phenoxy) is 1. The van der Waals surface area contributed by atoms with Gasteiger partial charge in [0.2, 0.25) is 11.5 Å². The van der Waals surface area contributed by atoms with E-state index in [-0.39, 0.29) is 17.5 Å². The van der Waals surface area contributed by atoms with Crippen LogP contribution in [0.4, 0.5) is 0 Å². The molecule has 1 heterocycles. The molecule has 1 rings (SSSR count). The van der Waals surface area contributed by atoms with E-state index in [2.05, 4.69) is 6.92 Å². The number of carbonyl (C=O) groups excluding carboxylic acids is 1. The molecule has 0 atom stereocenters. The largest absolute Gasteiger partial charge is 0.502 e. The topological polar surface area (TPSA) is 59.7 Å². The van der Waals surface area contributed by atoms with E-state index in [0.29, 0.717) is 24.4 Å². The summed E-state index contributed by atoms with van der Waals surface area (Å²) in [5.74, 6) is 0.708. The van der Waals surface area contributed by atoms with Crippen LogP contribution in [0.1, 0.15) is 51.1 Å². The van der Waals surface area contributed by atoms with Crippen LogP contribution in [0.15, 0.2) is 4.42 Å². The van der Waals surface area contributed by atoms with Crippen molar-refractivity contribution in [2.45, 2.75) is 52.9 Å². The van der Waals surface area contributed by atoms with Crippen molar-refractivity contribution in [2.24, 2.45) is 0 Å². The normalized spacial score (nSPS) is 10.5. The Hall–Kier alpha value is -1.45. The summed E-state index contributed by atoms with van der Waals surface area (Å²) in [7, 11) is 0. The highest BCUT2D eigenvalue weighted by Gasteiger charge is 2.19. The Kier molecular flexibility index (Phi) is 5.07. The molecule has 0 unspecified atom stereocenters. The maximum atomic E-state index is 11.5. The lowest BCUT2D eigenvalue weighted by atomic mass is 10.2. The molecule has 0 aliphatic carbocycles. The lowest BCUT2D eigenvalue weighted by Gasteiger charge is -2.02. The average Bonchev–Trinajstić information content (AvgIpc) is 2.57. The minimum Gasteiger partial charge on any atom is -0.502 e. The Morgan fingerprint density at radius 1 is 1.35 bits per heavy atom. The highest BCUT2D eigenvalue weighted by atomic mass is 16.6. The van der Waals surface area contributed by atoms with Gasteiger partial charge in [-0.1, -0.05) is 26.7 Å². The average molecular weight is 240 g/mol. The molecule has 0 spiro atoms. The first-order valence-electron chi connectivity index (χ1n) is 6.12. The first-order chi connectivity index (χ1) is 8.10. The fraction of sp³-hybridized carbons (Fsp3) is 0.615. The van der Waals surface area contributed by atoms with Crippen LogP contribution in [0.2, 0.25) is 0 Å². The Balaban J connectivity index is 2.62. The van der Waals surface area contributed by atoms with Crippen molar-refractivity contribution in [1.82, 2.24) is 0 Å². The van der Waals surface area contributed by atoms with E-state index in [4.69, 9.17) is 9.15 Å². The molecule has 1 aromatic heterocycles. The number of rotatable bonds is 6. The number of aromatic hydroxyl groups is 1. The van der Waals surface area contributed by atoms with Crippen LogP contribution < -0.4 is 4.74 Å². The molecule has 0 amide bonds. The van der Waals surface area contributed by atoms with Gasteiger partial charge in [0.05, 0.1) is 0 Å². The molecule has 0 aliphatic heterocycles. The zero-order valence-electron chi connectivity index (χ0n) is 10.7. The Morgan fingerprint density at radius 2 is 2.06 bits per heavy atom. The molecule has 0 saturated heterocycles. The van der Waals surface area contributed by atoms with Crippen molar-refractivity contribution < 1.29 is 19.1 Å². The van der Waals surface area contributed by atoms with E-state index in [1.807, 2.05) is 6.92 Å². The fourth-order valence-corrected chi connectivity index (χ4v) is 1.62. The monoisotopic (exact) mass is 240 g/mol. The predicted octanol–water partition coefficient (Wildman–Crippen LogP) is 3.34. The first kappa shape index (κ1) is 13.6. The molecule has 1 aromatic rings. The predicted molar refractivity (Wildman–Crippen MR) is 64.3 cm³/mol. The number of aryl methyl sites for hydroxylation is 2. The number of carbonyl (C=O) groups is 1. The second-order valence-corrected chi connectivity index (χ2v) is 4.04. The third-order valence-corrected chi connectivity index (χ3v) is 2.60. The third kappa shape index (κ3) is 3.51. The zero-order chi connectivity index (χ0) is 12.8. The van der Waals surface area contributed by atoms with Gasteiger partial charge >= 0.3 is 5.97 Å². The van der Waals surface area contributed by atoms with Gasteiger partial charge in [-0.15, -0.1) is 0 Å². The molecule has 0 radical (unpaired) electrons. The van der Waals surface area contributed by atoms with Gasteiger partial charge in [0.1, 0.15) is 11.5 Å². The number of hydrogen-bond acceptors (Lipinski definition) is 4. The summed E-state index contributed by atoms with van der Waals surface area (Å²) in [6, 6.07) is 0. The molecule has 0 bridgehead atoms. The van der Waals surface area contributed by atoms with Crippen molar-refractivity contribution in [2.75, 3.05) is 0 Å². The van der Waals surface area contributed by atoms with Crippen LogP contribution in [-0.4, -0.2) is 11.1 Å². The molecule has 17 heavy (non-hydrogen) atoms. The highest BCUT2D eigenvalue weighted by molar-refractivity contribution is 5.73. The van der Waals surface area contributed by atoms with Crippen LogP contribution in [0.3, 0.4) is 0 Å². The molecule has 1 N–H and O–H groups in total. The van der Waals surface area contributed by atoms with Gasteiger partial charge < -0.3 is 14.3 Å². The summed E-state index contributed by atoms with van der Waals surface area (Å²) < 4.78 is 10.4. The Labute approximate surface area is 102 Å². The van der Waals surface area contributed by atoms with Gasteiger partial charge in [0.15, 0.2) is 0 Å². The molecule has 4 nitrogen and oxygen atoms in total. The lowest BCUT2D eigenvalue weighted by Crippen LogP contribution is -2.07. The first-order valence-corrected chi connectivity index (χ1v) is 6.12. The van der Waals surface area contributed by atoms with Crippen molar-refractivity contribution >= 4 is 5.97 Å². The van der Waals surface area contributed by atoms with E-state index in [1.54, 1.807) is 6.92 Å². The Morgan fingerprint density at radius 3 is 2.59 bits per heavy atom. The van der Waals surface area contributed by atoms with Crippen LogP contribution in [0.25, 0.3) is 0 Å². The standard InChI is InChI=1S/C13H20O4/c1-4-6-7-8-11(14)17-13-9(3)16-10(5-2)12(13)15/h15H,4-8H2,1-3H3. The van der Waals surface area contributed by atoms with Crippen molar-refractivity contribution in [3.63, 3.8) is 0 Å². The number of furan rings is 1. The molecule has 0 fully saturated rings. The molecule has 0 aromatic carbocycles. The minimum atomic E-state index is -0.319. The lowest BCUT2D eigenvalue weighted by molar-refractivity contribution is -0.134. The van der Waals surface area contributed by atoms with E-state index >= 15 is 0 Å². The smallest absolute Gasteiger partial charge is 0.311 e. The highest BCUT2D eigenvalue weighted by Crippen LogP contribution is 2.36. The molecule has 96 valence electrons. The van der Waals surface area contributed by atoms with Gasteiger partial charge in [-0.3, -0.25) is 4.79 Å². The molecule has 4 heteroatoms. The molecule has 0 aliphatic rings. The molecular formula is C13H20O4. The van der Waals surface area contributed by atoms with Crippen molar-refractivity contribution in [1.29, 1.82) is 0 Å². The molecular weight excluding hydrogens is 220 g/mol. The van der Waals surface area contributed by atoms with Gasteiger partial charge in [-0.05, 0) is 13.3 Å². The fourth-order valence-electron chi connectivity index (χ4n) is 1.62. The van der Waals surface area contributed by atoms with Crippen molar-refractivity contribution in [3.8, 4) is 11.5 Å². The van der Waals surface area contributed by atoms with Crippen LogP contribution >= 0.6 is 0 Å². The van der Waals surface area contributed by atoms with Gasteiger partial charge in [-0.2, -0.15) is 0 Å². The minimum absolute atomic E-state index is 0.0474. The van der Waals surface area contributed by atoms with Crippen LogP contribution in [0.5, 0.6) is 11.5 Å². The van der Waals surface area contributed by atoms with E-state index in [9.17, 15) is 9.90 Å². The van der Waals surface area contributed by atoms with E-state index < -0.39 is 0 Å². The Bertz CT molecular complexity index is 379. The second kappa shape index (κ2) is 6.33. The van der Waals surface area contributed by atoms with E-state index in [1.165, 1.54) is 0 Å². The summed E-state index contributed by atoms with van der Waals surface area (Å²) in [4.78, 5) is 11.5. The number of hydrogen-bond donors (Lipinski definition) is 1. The maximum absolute atomic E-state index is 11.5. The summed E-state index contributed by atoms with van der Waals surface area (Å²) in [6.07, 6.45) is 3.82. The van der Waals surface area contributed by atoms with Crippen LogP contribution in [0, 0.1) is 6.92 Å². The number of esters is 1. The van der Waals surface area contributed by atoms with Gasteiger partial charge in [0.25, 0.3) is 0 Å².